The number of nitrogens with one attached hydrogen (secondary N) is 3. The van der Waals surface area contributed by atoms with Crippen molar-refractivity contribution in [2.75, 3.05) is 6.54 Å². The van der Waals surface area contributed by atoms with Crippen LogP contribution < -0.4 is 10.6 Å². The normalized spacial score (nSPS) is 12.0. The molecule has 0 bridgehead atoms. The van der Waals surface area contributed by atoms with Crippen LogP contribution in [0.25, 0.3) is 0 Å². The number of aromatic amines is 1. The van der Waals surface area contributed by atoms with Gasteiger partial charge in [0.1, 0.15) is 0 Å². The molecule has 112 valence electrons. The number of urea groups is 1. The van der Waals surface area contributed by atoms with E-state index in [0.29, 0.717) is 22.2 Å². The lowest BCUT2D eigenvalue weighted by Crippen LogP contribution is -2.37. The molecule has 0 radical (unpaired) electrons. The number of aliphatic hydroxyl groups is 1. The second-order valence-corrected chi connectivity index (χ2v) is 5.24. The van der Waals surface area contributed by atoms with E-state index in [2.05, 4.69) is 20.8 Å². The van der Waals surface area contributed by atoms with Gasteiger partial charge >= 0.3 is 6.03 Å². The monoisotopic (exact) mass is 328 g/mol. The Balaban J connectivity index is 1.80. The molecule has 1 heterocycles. The topological polar surface area (TPSA) is 90.0 Å². The Hall–Kier alpha value is -1.76. The second-order valence-electron chi connectivity index (χ2n) is 4.36. The Morgan fingerprint density at radius 3 is 2.62 bits per heavy atom. The Bertz CT molecular complexity index is 584. The van der Waals surface area contributed by atoms with Crippen molar-refractivity contribution >= 4 is 29.2 Å². The van der Waals surface area contributed by atoms with Crippen molar-refractivity contribution in [3.05, 3.63) is 51.8 Å². The van der Waals surface area contributed by atoms with Gasteiger partial charge in [0.15, 0.2) is 0 Å². The van der Waals surface area contributed by atoms with Crippen LogP contribution >= 0.6 is 23.2 Å². The lowest BCUT2D eigenvalue weighted by atomic mass is 10.1. The van der Waals surface area contributed by atoms with E-state index < -0.39 is 12.1 Å². The SMILES string of the molecule is O=C(NCc1ccn[nH]1)NCC(O)c1cc(Cl)cc(Cl)c1. The van der Waals surface area contributed by atoms with Gasteiger partial charge in [-0.2, -0.15) is 5.10 Å². The Morgan fingerprint density at radius 1 is 1.29 bits per heavy atom. The summed E-state index contributed by atoms with van der Waals surface area (Å²) in [5, 5.41) is 22.5. The molecular weight excluding hydrogens is 315 g/mol. The number of aliphatic hydroxyl groups excluding tert-OH is 1. The molecular formula is C13H14Cl2N4O2. The molecule has 2 amide bonds. The third-order valence-electron chi connectivity index (χ3n) is 2.72. The van der Waals surface area contributed by atoms with Gasteiger partial charge in [0.25, 0.3) is 0 Å². The average molecular weight is 329 g/mol. The molecule has 0 aliphatic carbocycles. The van der Waals surface area contributed by atoms with Gasteiger partial charge in [-0.25, -0.2) is 4.79 Å². The van der Waals surface area contributed by atoms with Gasteiger partial charge < -0.3 is 15.7 Å². The van der Waals surface area contributed by atoms with Gasteiger partial charge in [0, 0.05) is 22.8 Å². The molecule has 0 aliphatic rings. The molecule has 2 aromatic rings. The first-order valence-corrected chi connectivity index (χ1v) is 6.94. The van der Waals surface area contributed by atoms with E-state index in [1.165, 1.54) is 0 Å². The number of hydrogen-bond donors (Lipinski definition) is 4. The fourth-order valence-corrected chi connectivity index (χ4v) is 2.24. The molecule has 0 saturated heterocycles. The molecule has 1 atom stereocenters. The van der Waals surface area contributed by atoms with E-state index in [-0.39, 0.29) is 6.54 Å². The smallest absolute Gasteiger partial charge is 0.315 e. The molecule has 2 rings (SSSR count). The number of H-pyrrole nitrogens is 1. The minimum absolute atomic E-state index is 0.0471. The zero-order chi connectivity index (χ0) is 15.2. The highest BCUT2D eigenvalue weighted by atomic mass is 35.5. The van der Waals surface area contributed by atoms with Gasteiger partial charge in [-0.1, -0.05) is 23.2 Å². The fraction of sp³-hybridized carbons (Fsp3) is 0.231. The molecule has 4 N–H and O–H groups in total. The molecule has 1 aromatic heterocycles. The second kappa shape index (κ2) is 7.31. The van der Waals surface area contributed by atoms with Crippen molar-refractivity contribution in [1.82, 2.24) is 20.8 Å². The largest absolute Gasteiger partial charge is 0.387 e. The number of carbonyl (C=O) groups is 1. The van der Waals surface area contributed by atoms with E-state index in [1.807, 2.05) is 0 Å². The van der Waals surface area contributed by atoms with E-state index in [9.17, 15) is 9.90 Å². The van der Waals surface area contributed by atoms with Crippen LogP contribution in [-0.4, -0.2) is 27.9 Å². The number of nitrogens with zero attached hydrogens (tertiary/aromatic N) is 1. The van der Waals surface area contributed by atoms with E-state index in [4.69, 9.17) is 23.2 Å². The number of benzene rings is 1. The van der Waals surface area contributed by atoms with Crippen molar-refractivity contribution < 1.29 is 9.90 Å². The number of carbonyl (C=O) groups excluding carboxylic acids is 1. The van der Waals surface area contributed by atoms with Crippen molar-refractivity contribution in [3.8, 4) is 0 Å². The van der Waals surface area contributed by atoms with E-state index in [0.717, 1.165) is 5.69 Å². The summed E-state index contributed by atoms with van der Waals surface area (Å²) in [6, 6.07) is 6.13. The highest BCUT2D eigenvalue weighted by Crippen LogP contribution is 2.23. The lowest BCUT2D eigenvalue weighted by molar-refractivity contribution is 0.173. The summed E-state index contributed by atoms with van der Waals surface area (Å²) in [6.45, 7) is 0.371. The van der Waals surface area contributed by atoms with Crippen molar-refractivity contribution in [1.29, 1.82) is 0 Å². The summed E-state index contributed by atoms with van der Waals surface area (Å²) in [4.78, 5) is 11.6. The standard InChI is InChI=1S/C13H14Cl2N4O2/c14-9-3-8(4-10(15)5-9)12(20)7-17-13(21)16-6-11-1-2-18-19-11/h1-5,12,20H,6-7H2,(H,18,19)(H2,16,17,21). The maximum absolute atomic E-state index is 11.6. The maximum Gasteiger partial charge on any atom is 0.315 e. The van der Waals surface area contributed by atoms with Gasteiger partial charge in [0.05, 0.1) is 18.3 Å². The summed E-state index contributed by atoms with van der Waals surface area (Å²) in [7, 11) is 0. The first-order valence-electron chi connectivity index (χ1n) is 6.18. The minimum atomic E-state index is -0.890. The van der Waals surface area contributed by atoms with E-state index >= 15 is 0 Å². The molecule has 1 unspecified atom stereocenters. The highest BCUT2D eigenvalue weighted by Gasteiger charge is 2.11. The molecule has 21 heavy (non-hydrogen) atoms. The summed E-state index contributed by atoms with van der Waals surface area (Å²) in [5.74, 6) is 0. The number of aromatic nitrogens is 2. The minimum Gasteiger partial charge on any atom is -0.387 e. The van der Waals surface area contributed by atoms with E-state index in [1.54, 1.807) is 30.5 Å². The van der Waals surface area contributed by atoms with Crippen LogP contribution in [0.1, 0.15) is 17.4 Å². The highest BCUT2D eigenvalue weighted by molar-refractivity contribution is 6.34. The van der Waals surface area contributed by atoms with Gasteiger partial charge in [-0.05, 0) is 29.8 Å². The van der Waals surface area contributed by atoms with Crippen molar-refractivity contribution in [3.63, 3.8) is 0 Å². The third-order valence-corrected chi connectivity index (χ3v) is 3.16. The zero-order valence-electron chi connectivity index (χ0n) is 10.9. The van der Waals surface area contributed by atoms with Crippen molar-refractivity contribution in [2.24, 2.45) is 0 Å². The van der Waals surface area contributed by atoms with Crippen molar-refractivity contribution in [2.45, 2.75) is 12.6 Å². The van der Waals surface area contributed by atoms with Crippen LogP contribution in [0, 0.1) is 0 Å². The summed E-state index contributed by atoms with van der Waals surface area (Å²) < 4.78 is 0. The fourth-order valence-electron chi connectivity index (χ4n) is 1.70. The van der Waals surface area contributed by atoms with Gasteiger partial charge in [0.2, 0.25) is 0 Å². The molecule has 0 fully saturated rings. The average Bonchev–Trinajstić information content (AvgIpc) is 2.94. The van der Waals surface area contributed by atoms with Crippen LogP contribution in [0.15, 0.2) is 30.5 Å². The third kappa shape index (κ3) is 4.93. The van der Waals surface area contributed by atoms with Crippen LogP contribution in [0.5, 0.6) is 0 Å². The van der Waals surface area contributed by atoms with Crippen LogP contribution in [0.2, 0.25) is 10.0 Å². The molecule has 0 aliphatic heterocycles. The first-order chi connectivity index (χ1) is 10.0. The predicted molar refractivity (Wildman–Crippen MR) is 80.2 cm³/mol. The number of hydrogen-bond acceptors (Lipinski definition) is 3. The number of halogens is 2. The Kier molecular flexibility index (Phi) is 5.44. The summed E-state index contributed by atoms with van der Waals surface area (Å²) in [5.41, 5.74) is 1.33. The summed E-state index contributed by atoms with van der Waals surface area (Å²) >= 11 is 11.7. The first kappa shape index (κ1) is 15.6. The van der Waals surface area contributed by atoms with Crippen LogP contribution in [-0.2, 0) is 6.54 Å². The zero-order valence-corrected chi connectivity index (χ0v) is 12.4. The van der Waals surface area contributed by atoms with Gasteiger partial charge in [-0.15, -0.1) is 0 Å². The molecule has 8 heteroatoms. The lowest BCUT2D eigenvalue weighted by Gasteiger charge is -2.13. The van der Waals surface area contributed by atoms with Crippen LogP contribution in [0.3, 0.4) is 0 Å². The molecule has 6 nitrogen and oxygen atoms in total. The van der Waals surface area contributed by atoms with Crippen LogP contribution in [0.4, 0.5) is 4.79 Å². The predicted octanol–water partition coefficient (Wildman–Crippen LogP) is 2.25. The number of amides is 2. The maximum atomic E-state index is 11.6. The van der Waals surface area contributed by atoms with Gasteiger partial charge in [-0.3, -0.25) is 5.10 Å². The summed E-state index contributed by atoms with van der Waals surface area (Å²) in [6.07, 6.45) is 0.709. The Morgan fingerprint density at radius 2 is 2.00 bits per heavy atom. The molecule has 0 spiro atoms. The molecule has 1 aromatic carbocycles. The molecule has 0 saturated carbocycles. The quantitative estimate of drug-likeness (QED) is 0.678. The Labute approximate surface area is 131 Å². The number of rotatable bonds is 5.